The zero-order chi connectivity index (χ0) is 25.2. The van der Waals surface area contributed by atoms with E-state index in [9.17, 15) is 19.8 Å². The molecule has 0 atom stereocenters. The topological polar surface area (TPSA) is 111 Å². The first-order chi connectivity index (χ1) is 16.8. The molecule has 7 nitrogen and oxygen atoms in total. The molecule has 0 aliphatic heterocycles. The van der Waals surface area contributed by atoms with Crippen LogP contribution in [0.2, 0.25) is 10.0 Å². The Bertz CT molecular complexity index is 1170. The Labute approximate surface area is 214 Å². The van der Waals surface area contributed by atoms with Crippen LogP contribution in [-0.2, 0) is 22.4 Å². The second kappa shape index (κ2) is 12.9. The van der Waals surface area contributed by atoms with Crippen LogP contribution >= 0.6 is 23.2 Å². The maximum atomic E-state index is 12.4. The van der Waals surface area contributed by atoms with Crippen molar-refractivity contribution in [2.45, 2.75) is 25.7 Å². The zero-order valence-electron chi connectivity index (χ0n) is 19.0. The van der Waals surface area contributed by atoms with Gasteiger partial charge in [-0.25, -0.2) is 0 Å². The molecule has 0 aliphatic carbocycles. The van der Waals surface area contributed by atoms with Gasteiger partial charge in [-0.1, -0.05) is 53.5 Å². The maximum absolute atomic E-state index is 12.4. The summed E-state index contributed by atoms with van der Waals surface area (Å²) in [6.07, 6.45) is 1.48. The van der Waals surface area contributed by atoms with Gasteiger partial charge in [0, 0.05) is 25.2 Å². The molecule has 0 fully saturated rings. The van der Waals surface area contributed by atoms with E-state index in [2.05, 4.69) is 16.0 Å². The van der Waals surface area contributed by atoms with Gasteiger partial charge in [-0.15, -0.1) is 0 Å². The average Bonchev–Trinajstić information content (AvgIpc) is 2.82. The molecule has 0 heterocycles. The number of amides is 2. The van der Waals surface area contributed by atoms with Crippen LogP contribution in [0.4, 0.5) is 11.4 Å². The fraction of sp³-hybridized carbons (Fsp3) is 0.231. The van der Waals surface area contributed by atoms with Gasteiger partial charge in [-0.3, -0.25) is 9.59 Å². The summed E-state index contributed by atoms with van der Waals surface area (Å²) < 4.78 is 0. The third kappa shape index (κ3) is 8.09. The molecular formula is C26H27Cl2N3O4. The van der Waals surface area contributed by atoms with Gasteiger partial charge < -0.3 is 26.2 Å². The number of anilines is 2. The summed E-state index contributed by atoms with van der Waals surface area (Å²) in [5, 5.41) is 28.7. The number of halogens is 2. The molecule has 3 aromatic rings. The standard InChI is InChI=1S/C26H27Cl2N3O4/c27-19-6-3-7-20(28)26(19)31-21-8-2-1-5-18(21)16-25(35)29-13-4-9-24(34)30-14-12-17-10-11-22(32)23(33)15-17/h1-3,5-8,10-11,15,31-33H,4,9,12-14,16H2,(H,29,35)(H,30,34). The molecule has 0 saturated heterocycles. The van der Waals surface area contributed by atoms with Crippen LogP contribution in [0.15, 0.2) is 60.7 Å². The van der Waals surface area contributed by atoms with E-state index in [-0.39, 0.29) is 36.2 Å². The van der Waals surface area contributed by atoms with Gasteiger partial charge in [0.05, 0.1) is 22.2 Å². The minimum atomic E-state index is -0.185. The van der Waals surface area contributed by atoms with E-state index in [4.69, 9.17) is 23.2 Å². The van der Waals surface area contributed by atoms with Crippen molar-refractivity contribution in [1.82, 2.24) is 10.6 Å². The van der Waals surface area contributed by atoms with Gasteiger partial charge in [-0.2, -0.15) is 0 Å². The maximum Gasteiger partial charge on any atom is 0.224 e. The number of carbonyl (C=O) groups excluding carboxylic acids is 2. The van der Waals surface area contributed by atoms with Crippen LogP contribution < -0.4 is 16.0 Å². The Hall–Kier alpha value is -3.42. The van der Waals surface area contributed by atoms with Crippen LogP contribution in [0.25, 0.3) is 0 Å². The Balaban J connectivity index is 1.39. The minimum Gasteiger partial charge on any atom is -0.504 e. The molecule has 0 aliphatic rings. The van der Waals surface area contributed by atoms with Crippen LogP contribution in [0.5, 0.6) is 11.5 Å². The molecule has 0 unspecified atom stereocenters. The minimum absolute atomic E-state index is 0.117. The monoisotopic (exact) mass is 515 g/mol. The van der Waals surface area contributed by atoms with Crippen molar-refractivity contribution in [2.75, 3.05) is 18.4 Å². The number of rotatable bonds is 11. The summed E-state index contributed by atoms with van der Waals surface area (Å²) in [5.41, 5.74) is 2.91. The summed E-state index contributed by atoms with van der Waals surface area (Å²) in [5.74, 6) is -0.634. The molecule has 184 valence electrons. The molecule has 9 heteroatoms. The van der Waals surface area contributed by atoms with E-state index in [0.29, 0.717) is 41.7 Å². The smallest absolute Gasteiger partial charge is 0.224 e. The van der Waals surface area contributed by atoms with E-state index in [1.807, 2.05) is 24.3 Å². The Morgan fingerprint density at radius 1 is 0.800 bits per heavy atom. The van der Waals surface area contributed by atoms with Crippen molar-refractivity contribution in [3.05, 3.63) is 81.8 Å². The summed E-state index contributed by atoms with van der Waals surface area (Å²) in [7, 11) is 0. The molecular weight excluding hydrogens is 489 g/mol. The zero-order valence-corrected chi connectivity index (χ0v) is 20.5. The first kappa shape index (κ1) is 26.2. The molecule has 0 spiro atoms. The molecule has 0 aromatic heterocycles. The number of phenolic OH excluding ortho intramolecular Hbond substituents is 2. The van der Waals surface area contributed by atoms with Crippen LogP contribution in [0, 0.1) is 0 Å². The third-order valence-corrected chi connectivity index (χ3v) is 5.90. The number of benzene rings is 3. The van der Waals surface area contributed by atoms with Gasteiger partial charge in [0.25, 0.3) is 0 Å². The molecule has 5 N–H and O–H groups in total. The average molecular weight is 516 g/mol. The highest BCUT2D eigenvalue weighted by Crippen LogP contribution is 2.33. The van der Waals surface area contributed by atoms with Gasteiger partial charge >= 0.3 is 0 Å². The molecule has 0 saturated carbocycles. The highest BCUT2D eigenvalue weighted by molar-refractivity contribution is 6.39. The lowest BCUT2D eigenvalue weighted by atomic mass is 10.1. The number of aromatic hydroxyl groups is 2. The summed E-state index contributed by atoms with van der Waals surface area (Å²) in [6, 6.07) is 17.2. The Morgan fingerprint density at radius 3 is 2.26 bits per heavy atom. The third-order valence-electron chi connectivity index (χ3n) is 5.27. The second-order valence-electron chi connectivity index (χ2n) is 7.93. The van der Waals surface area contributed by atoms with Crippen molar-refractivity contribution >= 4 is 46.4 Å². The molecule has 3 rings (SSSR count). The number of carbonyl (C=O) groups is 2. The Morgan fingerprint density at radius 2 is 1.51 bits per heavy atom. The van der Waals surface area contributed by atoms with Crippen molar-refractivity contribution in [3.8, 4) is 11.5 Å². The number of para-hydroxylation sites is 2. The van der Waals surface area contributed by atoms with Crippen molar-refractivity contribution in [1.29, 1.82) is 0 Å². The van der Waals surface area contributed by atoms with E-state index in [1.54, 1.807) is 24.3 Å². The highest BCUT2D eigenvalue weighted by Gasteiger charge is 2.11. The number of nitrogens with one attached hydrogen (secondary N) is 3. The largest absolute Gasteiger partial charge is 0.504 e. The SMILES string of the molecule is O=C(CCCNC(=O)Cc1ccccc1Nc1c(Cl)cccc1Cl)NCCc1ccc(O)c(O)c1. The lowest BCUT2D eigenvalue weighted by Crippen LogP contribution is -2.29. The van der Waals surface area contributed by atoms with E-state index < -0.39 is 0 Å². The van der Waals surface area contributed by atoms with Crippen molar-refractivity contribution < 1.29 is 19.8 Å². The fourth-order valence-corrected chi connectivity index (χ4v) is 3.91. The first-order valence-electron chi connectivity index (χ1n) is 11.2. The predicted molar refractivity (Wildman–Crippen MR) is 139 cm³/mol. The van der Waals surface area contributed by atoms with Crippen molar-refractivity contribution in [2.24, 2.45) is 0 Å². The number of hydrogen-bond donors (Lipinski definition) is 5. The second-order valence-corrected chi connectivity index (χ2v) is 8.75. The van der Waals surface area contributed by atoms with Gasteiger partial charge in [0.15, 0.2) is 11.5 Å². The van der Waals surface area contributed by atoms with E-state index in [0.717, 1.165) is 16.8 Å². The Kier molecular flexibility index (Phi) is 9.64. The normalized spacial score (nSPS) is 10.6. The van der Waals surface area contributed by atoms with E-state index in [1.165, 1.54) is 12.1 Å². The van der Waals surface area contributed by atoms with E-state index >= 15 is 0 Å². The summed E-state index contributed by atoms with van der Waals surface area (Å²) >= 11 is 12.5. The summed E-state index contributed by atoms with van der Waals surface area (Å²) in [6.45, 7) is 0.790. The predicted octanol–water partition coefficient (Wildman–Crippen LogP) is 4.95. The molecule has 0 radical (unpaired) electrons. The first-order valence-corrected chi connectivity index (χ1v) is 11.9. The summed E-state index contributed by atoms with van der Waals surface area (Å²) in [4.78, 5) is 24.5. The molecule has 35 heavy (non-hydrogen) atoms. The lowest BCUT2D eigenvalue weighted by Gasteiger charge is -2.14. The van der Waals surface area contributed by atoms with Gasteiger partial charge in [-0.05, 0) is 54.3 Å². The molecule has 3 aromatic carbocycles. The quantitative estimate of drug-likeness (QED) is 0.183. The molecule has 2 amide bonds. The van der Waals surface area contributed by atoms with Crippen molar-refractivity contribution in [3.63, 3.8) is 0 Å². The lowest BCUT2D eigenvalue weighted by molar-refractivity contribution is -0.122. The van der Waals surface area contributed by atoms with Gasteiger partial charge in [0.2, 0.25) is 11.8 Å². The fourth-order valence-electron chi connectivity index (χ4n) is 3.42. The number of phenols is 2. The van der Waals surface area contributed by atoms with Crippen LogP contribution in [0.1, 0.15) is 24.0 Å². The van der Waals surface area contributed by atoms with Crippen LogP contribution in [-0.4, -0.2) is 35.1 Å². The molecule has 0 bridgehead atoms. The number of hydrogen-bond acceptors (Lipinski definition) is 5. The van der Waals surface area contributed by atoms with Gasteiger partial charge in [0.1, 0.15) is 0 Å². The van der Waals surface area contributed by atoms with Crippen LogP contribution in [0.3, 0.4) is 0 Å². The highest BCUT2D eigenvalue weighted by atomic mass is 35.5.